The van der Waals surface area contributed by atoms with Crippen molar-refractivity contribution in [3.63, 3.8) is 0 Å². The van der Waals surface area contributed by atoms with Crippen LogP contribution >= 0.6 is 0 Å². The minimum atomic E-state index is 0.172. The highest BCUT2D eigenvalue weighted by Crippen LogP contribution is 2.24. The number of rotatable bonds is 6. The fourth-order valence-electron chi connectivity index (χ4n) is 2.65. The number of nitriles is 1. The van der Waals surface area contributed by atoms with E-state index in [1.807, 2.05) is 35.0 Å². The van der Waals surface area contributed by atoms with Crippen LogP contribution in [-0.2, 0) is 13.1 Å². The van der Waals surface area contributed by atoms with E-state index < -0.39 is 0 Å². The number of nitrogens with one attached hydrogen (secondary N) is 1. The van der Waals surface area contributed by atoms with E-state index in [1.54, 1.807) is 24.8 Å². The first-order valence-corrected chi connectivity index (χ1v) is 8.10. The maximum atomic E-state index is 8.76. The van der Waals surface area contributed by atoms with Gasteiger partial charge in [-0.05, 0) is 11.6 Å². The lowest BCUT2D eigenvalue weighted by Crippen LogP contribution is -2.22. The summed E-state index contributed by atoms with van der Waals surface area (Å²) < 4.78 is 3.47. The van der Waals surface area contributed by atoms with E-state index in [0.29, 0.717) is 23.9 Å². The summed E-state index contributed by atoms with van der Waals surface area (Å²) in [7, 11) is 0. The Hall–Kier alpha value is -4.13. The maximum absolute atomic E-state index is 8.76. The number of anilines is 1. The van der Waals surface area contributed by atoms with E-state index in [1.165, 1.54) is 4.68 Å². The molecule has 132 valence electrons. The van der Waals surface area contributed by atoms with Gasteiger partial charge in [-0.1, -0.05) is 6.07 Å². The van der Waals surface area contributed by atoms with Crippen LogP contribution in [0, 0.1) is 11.3 Å². The lowest BCUT2D eigenvalue weighted by atomic mass is 10.2. The standard InChI is InChI=1S/C17H14N10/c18-3-5-27-11-13(8-23-27)14-9-22-17(25-19)16(24-14)21-7-12-1-2-15-20-4-6-26(15)10-12/h1-2,4,6,8-11,19H,5,7H2,(H,21,24)/p+1. The van der Waals surface area contributed by atoms with Crippen LogP contribution in [0.25, 0.3) is 16.9 Å². The fraction of sp³-hybridized carbons (Fsp3) is 0.118. The second kappa shape index (κ2) is 7.01. The molecule has 10 nitrogen and oxygen atoms in total. The topological polar surface area (TPSA) is 135 Å². The number of pyridine rings is 1. The average molecular weight is 359 g/mol. The van der Waals surface area contributed by atoms with Gasteiger partial charge in [0, 0.05) is 42.0 Å². The Morgan fingerprint density at radius 1 is 1.22 bits per heavy atom. The Labute approximate surface area is 153 Å². The molecule has 0 aliphatic heterocycles. The van der Waals surface area contributed by atoms with Crippen molar-refractivity contribution in [2.75, 3.05) is 5.32 Å². The maximum Gasteiger partial charge on any atom is 0.261 e. The second-order valence-electron chi connectivity index (χ2n) is 5.72. The lowest BCUT2D eigenvalue weighted by molar-refractivity contribution is -0.210. The normalized spacial score (nSPS) is 10.6. The summed E-state index contributed by atoms with van der Waals surface area (Å²) in [5.41, 5.74) is 8.72. The molecule has 27 heavy (non-hydrogen) atoms. The molecule has 4 aromatic rings. The van der Waals surface area contributed by atoms with E-state index in [9.17, 15) is 0 Å². The molecule has 0 unspecified atom stereocenters. The number of nitrogens with zero attached hydrogens (tertiary/aromatic N) is 8. The van der Waals surface area contributed by atoms with Crippen LogP contribution in [-0.4, -0.2) is 29.1 Å². The minimum Gasteiger partial charge on any atom is -0.363 e. The van der Waals surface area contributed by atoms with Crippen molar-refractivity contribution in [3.05, 3.63) is 54.9 Å². The van der Waals surface area contributed by atoms with E-state index in [0.717, 1.165) is 16.8 Å². The molecule has 0 aliphatic carbocycles. The van der Waals surface area contributed by atoms with Gasteiger partial charge in [0.05, 0.1) is 24.2 Å². The monoisotopic (exact) mass is 359 g/mol. The van der Waals surface area contributed by atoms with Crippen molar-refractivity contribution in [1.82, 2.24) is 29.1 Å². The summed E-state index contributed by atoms with van der Waals surface area (Å²) in [4.78, 5) is 13.0. The molecule has 0 saturated heterocycles. The Balaban J connectivity index is 1.58. The Bertz CT molecular complexity index is 1150. The average Bonchev–Trinajstić information content (AvgIpc) is 3.35. The zero-order chi connectivity index (χ0) is 18.6. The molecule has 0 amide bonds. The van der Waals surface area contributed by atoms with Crippen LogP contribution in [0.15, 0.2) is 54.4 Å². The third-order valence-corrected chi connectivity index (χ3v) is 3.95. The second-order valence-corrected chi connectivity index (χ2v) is 5.72. The first kappa shape index (κ1) is 16.3. The summed E-state index contributed by atoms with van der Waals surface area (Å²) in [6.07, 6.45) is 10.6. The van der Waals surface area contributed by atoms with Gasteiger partial charge in [-0.25, -0.2) is 15.0 Å². The van der Waals surface area contributed by atoms with E-state index in [-0.39, 0.29) is 6.54 Å². The van der Waals surface area contributed by atoms with Crippen molar-refractivity contribution >= 4 is 17.3 Å². The summed E-state index contributed by atoms with van der Waals surface area (Å²) >= 11 is 0. The molecule has 0 fully saturated rings. The Kier molecular flexibility index (Phi) is 4.24. The molecule has 10 heteroatoms. The van der Waals surface area contributed by atoms with Crippen LogP contribution < -0.4 is 10.8 Å². The van der Waals surface area contributed by atoms with E-state index in [2.05, 4.69) is 30.5 Å². The lowest BCUT2D eigenvalue weighted by Gasteiger charge is -2.08. The molecule has 0 saturated carbocycles. The number of nitrogens with two attached hydrogens (primary N) is 1. The summed E-state index contributed by atoms with van der Waals surface area (Å²) in [5.74, 6) is 0.778. The molecular weight excluding hydrogens is 344 g/mol. The van der Waals surface area contributed by atoms with Gasteiger partial charge in [0.1, 0.15) is 12.2 Å². The number of fused-ring (bicyclic) bond motifs is 1. The van der Waals surface area contributed by atoms with Crippen LogP contribution in [0.1, 0.15) is 5.56 Å². The highest BCUT2D eigenvalue weighted by atomic mass is 15.3. The molecule has 0 bridgehead atoms. The first-order chi connectivity index (χ1) is 13.3. The molecular formula is C17H15N10+. The number of hydrogen-bond donors (Lipinski definition) is 2. The van der Waals surface area contributed by atoms with Crippen LogP contribution in [0.5, 0.6) is 0 Å². The highest BCUT2D eigenvalue weighted by Gasteiger charge is 2.12. The minimum absolute atomic E-state index is 0.172. The predicted octanol–water partition coefficient (Wildman–Crippen LogP) is 0.966. The van der Waals surface area contributed by atoms with Gasteiger partial charge >= 0.3 is 0 Å². The van der Waals surface area contributed by atoms with E-state index in [4.69, 9.17) is 10.8 Å². The van der Waals surface area contributed by atoms with Gasteiger partial charge in [0.15, 0.2) is 5.82 Å². The molecule has 0 aromatic carbocycles. The molecule has 0 spiro atoms. The molecule has 0 atom stereocenters. The number of aromatic nitrogens is 6. The van der Waals surface area contributed by atoms with E-state index >= 15 is 0 Å². The van der Waals surface area contributed by atoms with Crippen molar-refractivity contribution in [2.24, 2.45) is 5.11 Å². The van der Waals surface area contributed by atoms with Gasteiger partial charge in [0.25, 0.3) is 5.82 Å². The van der Waals surface area contributed by atoms with Crippen LogP contribution in [0.4, 0.5) is 11.6 Å². The Morgan fingerprint density at radius 3 is 3.00 bits per heavy atom. The summed E-state index contributed by atoms with van der Waals surface area (Å²) in [6, 6.07) is 5.97. The van der Waals surface area contributed by atoms with Crippen molar-refractivity contribution in [3.8, 4) is 17.3 Å². The largest absolute Gasteiger partial charge is 0.363 e. The number of imidazole rings is 1. The van der Waals surface area contributed by atoms with Crippen LogP contribution in [0.2, 0.25) is 0 Å². The molecule has 4 heterocycles. The van der Waals surface area contributed by atoms with Crippen molar-refractivity contribution in [2.45, 2.75) is 13.1 Å². The van der Waals surface area contributed by atoms with Crippen molar-refractivity contribution < 1.29 is 5.53 Å². The fourth-order valence-corrected chi connectivity index (χ4v) is 2.65. The van der Waals surface area contributed by atoms with Crippen LogP contribution in [0.3, 0.4) is 0 Å². The quantitative estimate of drug-likeness (QED) is 0.492. The van der Waals surface area contributed by atoms with Gasteiger partial charge in [-0.3, -0.25) is 4.68 Å². The SMILES string of the molecule is N#CCn1cc(-c2cnc(N=[NH2+])c(NCc3ccc4nccn4c3)n2)cn1. The third-order valence-electron chi connectivity index (χ3n) is 3.95. The molecule has 0 radical (unpaired) electrons. The van der Waals surface area contributed by atoms with Crippen molar-refractivity contribution in [1.29, 1.82) is 5.26 Å². The zero-order valence-corrected chi connectivity index (χ0v) is 14.2. The smallest absolute Gasteiger partial charge is 0.261 e. The highest BCUT2D eigenvalue weighted by molar-refractivity contribution is 5.63. The Morgan fingerprint density at radius 2 is 2.15 bits per heavy atom. The molecule has 3 N–H and O–H groups in total. The van der Waals surface area contributed by atoms with Gasteiger partial charge in [0.2, 0.25) is 0 Å². The number of hydrogen-bond acceptors (Lipinski definition) is 7. The summed E-state index contributed by atoms with van der Waals surface area (Å²) in [6.45, 7) is 0.688. The van der Waals surface area contributed by atoms with Gasteiger partial charge in [-0.15, -0.1) is 0 Å². The third kappa shape index (κ3) is 3.34. The zero-order valence-electron chi connectivity index (χ0n) is 14.2. The molecule has 4 aromatic heterocycles. The summed E-state index contributed by atoms with van der Waals surface area (Å²) in [5, 5.41) is 19.8. The molecule has 0 aliphatic rings. The first-order valence-electron chi connectivity index (χ1n) is 8.10. The van der Waals surface area contributed by atoms with Gasteiger partial charge < -0.3 is 9.72 Å². The van der Waals surface area contributed by atoms with Gasteiger partial charge in [-0.2, -0.15) is 15.9 Å². The predicted molar refractivity (Wildman–Crippen MR) is 95.4 cm³/mol. The molecule has 4 rings (SSSR count).